The molecule has 15 nitrogen and oxygen atoms in total. The number of aromatic amines is 1. The number of methoxy groups -OCH3 is 1. The van der Waals surface area contributed by atoms with Crippen LogP contribution in [-0.2, 0) is 33.1 Å². The number of H-pyrrole nitrogens is 1. The number of hydrogen-bond donors (Lipinski definition) is 3. The molecule has 2 unspecified atom stereocenters. The predicted octanol–water partition coefficient (Wildman–Crippen LogP) is 1.32. The molecule has 38 heavy (non-hydrogen) atoms. The second kappa shape index (κ2) is 13.3. The van der Waals surface area contributed by atoms with Gasteiger partial charge in [-0.15, -0.1) is 4.49 Å². The van der Waals surface area contributed by atoms with E-state index < -0.39 is 55.4 Å². The molecule has 0 radical (unpaired) electrons. The van der Waals surface area contributed by atoms with Crippen molar-refractivity contribution in [3.05, 3.63) is 44.6 Å². The Bertz CT molecular complexity index is 1310. The minimum atomic E-state index is -4.41. The van der Waals surface area contributed by atoms with Gasteiger partial charge in [-0.25, -0.2) is 17.9 Å². The Hall–Kier alpha value is -2.08. The van der Waals surface area contributed by atoms with Crippen molar-refractivity contribution in [2.24, 2.45) is 0 Å². The highest BCUT2D eigenvalue weighted by Crippen LogP contribution is 2.51. The minimum Gasteiger partial charge on any atom is -0.493 e. The average molecular weight is 598 g/mol. The number of sulfonamides is 1. The summed E-state index contributed by atoms with van der Waals surface area (Å²) in [5.41, 5.74) is -1.52. The van der Waals surface area contributed by atoms with Crippen LogP contribution in [0.25, 0.3) is 0 Å². The van der Waals surface area contributed by atoms with Crippen molar-refractivity contribution in [1.82, 2.24) is 18.7 Å². The summed E-state index contributed by atoms with van der Waals surface area (Å²) in [5, 5.41) is 8.97. The van der Waals surface area contributed by atoms with Crippen LogP contribution in [0.2, 0.25) is 0 Å². The van der Waals surface area contributed by atoms with Gasteiger partial charge in [-0.2, -0.15) is 5.26 Å². The van der Waals surface area contributed by atoms with E-state index >= 15 is 0 Å². The van der Waals surface area contributed by atoms with E-state index in [0.717, 1.165) is 23.5 Å². The number of rotatable bonds is 14. The molecule has 2 rings (SSSR count). The number of nitrogens with zero attached hydrogens (tertiary/aromatic N) is 3. The smallest absolute Gasteiger partial charge is 0.330 e. The van der Waals surface area contributed by atoms with Crippen LogP contribution >= 0.6 is 16.0 Å². The lowest BCUT2D eigenvalue weighted by atomic mass is 10.3. The fourth-order valence-corrected chi connectivity index (χ4v) is 8.29. The number of hydrogen-bond acceptors (Lipinski definition) is 11. The molecule has 0 bridgehead atoms. The van der Waals surface area contributed by atoms with Gasteiger partial charge in [-0.3, -0.25) is 18.9 Å². The molecule has 4 atom stereocenters. The largest absolute Gasteiger partial charge is 0.493 e. The maximum atomic E-state index is 12.7. The molecule has 1 aliphatic rings. The molecule has 0 saturated carbocycles. The molecule has 18 heteroatoms. The Balaban J connectivity index is 2.63. The van der Waals surface area contributed by atoms with Crippen molar-refractivity contribution < 1.29 is 36.4 Å². The van der Waals surface area contributed by atoms with Gasteiger partial charge < -0.3 is 23.4 Å². The summed E-state index contributed by atoms with van der Waals surface area (Å²) >= 11 is 0. The van der Waals surface area contributed by atoms with Crippen LogP contribution in [-0.4, -0.2) is 71.9 Å². The lowest BCUT2D eigenvalue weighted by Crippen LogP contribution is -2.36. The number of aromatic nitrogens is 2. The van der Waals surface area contributed by atoms with E-state index in [1.165, 1.54) is 7.11 Å². The van der Waals surface area contributed by atoms with Crippen LogP contribution in [0.1, 0.15) is 40.3 Å². The maximum Gasteiger partial charge on any atom is 0.330 e. The number of nitriles is 1. The van der Waals surface area contributed by atoms with E-state index in [4.69, 9.17) is 23.8 Å². The molecule has 1 aromatic rings. The Morgan fingerprint density at radius 3 is 2.45 bits per heavy atom. The first-order valence-electron chi connectivity index (χ1n) is 11.4. The molecule has 0 aliphatic carbocycles. The van der Waals surface area contributed by atoms with Crippen LogP contribution < -0.4 is 15.7 Å². The van der Waals surface area contributed by atoms with Crippen molar-refractivity contribution in [3.63, 3.8) is 0 Å². The first-order valence-corrected chi connectivity index (χ1v) is 16.3. The van der Waals surface area contributed by atoms with Gasteiger partial charge in [-0.1, -0.05) is 0 Å². The third-order valence-electron chi connectivity index (χ3n) is 4.89. The fourth-order valence-electron chi connectivity index (χ4n) is 3.65. The molecule has 0 spiro atoms. The summed E-state index contributed by atoms with van der Waals surface area (Å²) in [7, 11) is -9.30. The van der Waals surface area contributed by atoms with E-state index in [0.29, 0.717) is 0 Å². The van der Waals surface area contributed by atoms with Crippen molar-refractivity contribution in [2.45, 2.75) is 58.5 Å². The second-order valence-electron chi connectivity index (χ2n) is 8.82. The zero-order valence-corrected chi connectivity index (χ0v) is 24.5. The first kappa shape index (κ1) is 32.1. The van der Waals surface area contributed by atoms with E-state index in [2.05, 4.69) is 4.98 Å². The van der Waals surface area contributed by atoms with Crippen molar-refractivity contribution in [3.8, 4) is 6.07 Å². The van der Waals surface area contributed by atoms with Crippen molar-refractivity contribution in [1.29, 1.82) is 5.26 Å². The fraction of sp³-hybridized carbons (Fsp3) is 0.650. The number of ether oxygens (including phenoxy) is 2. The summed E-state index contributed by atoms with van der Waals surface area (Å²) in [4.78, 5) is 35.7. The topological polar surface area (TPSA) is 202 Å². The summed E-state index contributed by atoms with van der Waals surface area (Å²) in [6.07, 6.45) is -1.54. The van der Waals surface area contributed by atoms with Gasteiger partial charge in [0.1, 0.15) is 6.10 Å². The Morgan fingerprint density at radius 1 is 1.32 bits per heavy atom. The summed E-state index contributed by atoms with van der Waals surface area (Å²) in [5.74, 6) is -1.07. The zero-order valence-electron chi connectivity index (χ0n) is 21.9. The molecular formula is C20H33N5O10P2S. The lowest BCUT2D eigenvalue weighted by molar-refractivity contribution is -0.00954. The molecular weight excluding hydrogens is 564 g/mol. The Kier molecular flexibility index (Phi) is 11.3. The maximum absolute atomic E-state index is 12.7. The SMILES string of the molecule is COC1=C(OP(OCCC#N)N(C(C)C)C(C)C)[C@@H](CS(=O)(=O)NP(C)(=O)O)O[C@H]1n1ccc(=O)[nH]c1=O. The third kappa shape index (κ3) is 8.72. The standard InChI is InChI=1S/C20H33N5O10P2S/c1-13(2)25(14(3)4)36(33-11-7-9-21)35-17-15(12-38(30,31)23-37(6,28)29)34-19(18(17)32-5)24-10-8-16(26)22-20(24)27/h8,10,13-15,19H,7,11-12H2,1-6H3,(H,22,26,27)(H2,23,28,29)/t15-,19-,36?/m1/s1. The normalized spacial score (nSPS) is 20.6. The molecule has 214 valence electrons. The second-order valence-corrected chi connectivity index (χ2v) is 14.2. The van der Waals surface area contributed by atoms with Crippen LogP contribution in [0.4, 0.5) is 0 Å². The van der Waals surface area contributed by atoms with Gasteiger partial charge in [-0.05, 0) is 27.7 Å². The average Bonchev–Trinajstić information content (AvgIpc) is 3.07. The number of nitrogens with one attached hydrogen (secondary N) is 2. The molecule has 2 heterocycles. The molecule has 0 aromatic carbocycles. The van der Waals surface area contributed by atoms with Gasteiger partial charge >= 0.3 is 14.2 Å². The molecule has 0 saturated heterocycles. The van der Waals surface area contributed by atoms with E-state index in [1.807, 2.05) is 38.4 Å². The highest BCUT2D eigenvalue weighted by molar-refractivity contribution is 7.95. The lowest BCUT2D eigenvalue weighted by Gasteiger charge is -2.36. The Morgan fingerprint density at radius 2 is 1.95 bits per heavy atom. The highest BCUT2D eigenvalue weighted by atomic mass is 32.2. The van der Waals surface area contributed by atoms with Crippen LogP contribution in [0.3, 0.4) is 0 Å². The van der Waals surface area contributed by atoms with E-state index in [9.17, 15) is 27.5 Å². The molecule has 3 N–H and O–H groups in total. The molecule has 1 aromatic heterocycles. The van der Waals surface area contributed by atoms with Crippen molar-refractivity contribution >= 4 is 26.1 Å². The first-order chi connectivity index (χ1) is 17.6. The summed E-state index contributed by atoms with van der Waals surface area (Å²) < 4.78 is 65.2. The monoisotopic (exact) mass is 597 g/mol. The van der Waals surface area contributed by atoms with E-state index in [1.54, 1.807) is 4.49 Å². The van der Waals surface area contributed by atoms with E-state index in [-0.39, 0.29) is 36.6 Å². The third-order valence-corrected chi connectivity index (χ3v) is 10.2. The minimum absolute atomic E-state index is 0.0193. The van der Waals surface area contributed by atoms with Gasteiger partial charge in [0.05, 0.1) is 32.0 Å². The van der Waals surface area contributed by atoms with Crippen molar-refractivity contribution in [2.75, 3.05) is 26.1 Å². The highest BCUT2D eigenvalue weighted by Gasteiger charge is 2.44. The van der Waals surface area contributed by atoms with Crippen LogP contribution in [0.15, 0.2) is 33.4 Å². The zero-order chi connectivity index (χ0) is 28.8. The van der Waals surface area contributed by atoms with Gasteiger partial charge in [0, 0.05) is 31.0 Å². The molecule has 0 fully saturated rings. The van der Waals surface area contributed by atoms with Crippen LogP contribution in [0.5, 0.6) is 0 Å². The van der Waals surface area contributed by atoms with Gasteiger partial charge in [0.15, 0.2) is 17.7 Å². The quantitative estimate of drug-likeness (QED) is 0.205. The molecule has 1 aliphatic heterocycles. The molecule has 0 amide bonds. The van der Waals surface area contributed by atoms with Gasteiger partial charge in [0.2, 0.25) is 10.0 Å². The Labute approximate surface area is 221 Å². The predicted molar refractivity (Wildman–Crippen MR) is 138 cm³/mol. The summed E-state index contributed by atoms with van der Waals surface area (Å²) in [6.45, 7) is 8.44. The van der Waals surface area contributed by atoms with Crippen LogP contribution in [0, 0.1) is 11.3 Å². The summed E-state index contributed by atoms with van der Waals surface area (Å²) in [6, 6.07) is 2.85. The van der Waals surface area contributed by atoms with Gasteiger partial charge in [0.25, 0.3) is 13.1 Å².